The van der Waals surface area contributed by atoms with Gasteiger partial charge in [0.15, 0.2) is 0 Å². The van der Waals surface area contributed by atoms with E-state index in [0.717, 1.165) is 0 Å². The Kier molecular flexibility index (Phi) is 5.32. The Morgan fingerprint density at radius 1 is 1.35 bits per heavy atom. The molecule has 0 aliphatic carbocycles. The van der Waals surface area contributed by atoms with Gasteiger partial charge in [-0.1, -0.05) is 0 Å². The molecule has 112 valence electrons. The Balaban J connectivity index is 3.00. The van der Waals surface area contributed by atoms with Crippen LogP contribution in [0.2, 0.25) is 0 Å². The summed E-state index contributed by atoms with van der Waals surface area (Å²) >= 11 is 0. The first-order chi connectivity index (χ1) is 9.23. The number of nitro benzene ring substituents is 1. The van der Waals surface area contributed by atoms with E-state index in [4.69, 9.17) is 0 Å². The molecule has 0 unspecified atom stereocenters. The summed E-state index contributed by atoms with van der Waals surface area (Å²) in [5.41, 5.74) is 1.23. The highest BCUT2D eigenvalue weighted by molar-refractivity contribution is 7.90. The molecule has 0 saturated carbocycles. The van der Waals surface area contributed by atoms with Gasteiger partial charge in [0.1, 0.15) is 9.84 Å². The number of nitrogens with zero attached hydrogens (tertiary/aromatic N) is 2. The van der Waals surface area contributed by atoms with Crippen molar-refractivity contribution in [2.75, 3.05) is 42.4 Å². The highest BCUT2D eigenvalue weighted by Crippen LogP contribution is 2.26. The van der Waals surface area contributed by atoms with E-state index in [1.165, 1.54) is 18.4 Å². The largest absolute Gasteiger partial charge is 0.385 e. The van der Waals surface area contributed by atoms with Crippen LogP contribution in [0.5, 0.6) is 0 Å². The van der Waals surface area contributed by atoms with Crippen LogP contribution < -0.4 is 10.2 Å². The molecular formula is C12H19N3O4S. The topological polar surface area (TPSA) is 92.6 Å². The number of sulfone groups is 1. The average Bonchev–Trinajstić information content (AvgIpc) is 2.35. The molecule has 1 rings (SSSR count). The van der Waals surface area contributed by atoms with E-state index < -0.39 is 14.8 Å². The molecule has 0 amide bonds. The van der Waals surface area contributed by atoms with Crippen molar-refractivity contribution >= 4 is 26.9 Å². The summed E-state index contributed by atoms with van der Waals surface area (Å²) in [6.07, 6.45) is 1.17. The molecule has 1 aromatic carbocycles. The molecule has 0 aliphatic rings. The Morgan fingerprint density at radius 3 is 2.50 bits per heavy atom. The quantitative estimate of drug-likeness (QED) is 0.606. The van der Waals surface area contributed by atoms with E-state index in [1.54, 1.807) is 18.0 Å². The second-order valence-electron chi connectivity index (χ2n) is 4.58. The number of rotatable bonds is 7. The van der Waals surface area contributed by atoms with Crippen LogP contribution in [0.15, 0.2) is 18.2 Å². The van der Waals surface area contributed by atoms with Gasteiger partial charge in [-0.2, -0.15) is 0 Å². The van der Waals surface area contributed by atoms with Gasteiger partial charge in [-0.05, 0) is 13.0 Å². The number of hydrogen-bond donors (Lipinski definition) is 1. The number of hydrogen-bond acceptors (Lipinski definition) is 6. The summed E-state index contributed by atoms with van der Waals surface area (Å²) in [7, 11) is -1.36. The van der Waals surface area contributed by atoms with Crippen molar-refractivity contribution in [2.24, 2.45) is 0 Å². The van der Waals surface area contributed by atoms with Crippen LogP contribution in [0.1, 0.15) is 6.92 Å². The molecule has 0 saturated heterocycles. The van der Waals surface area contributed by atoms with Crippen LogP contribution in [0.25, 0.3) is 0 Å². The van der Waals surface area contributed by atoms with Crippen LogP contribution in [0.3, 0.4) is 0 Å². The minimum absolute atomic E-state index is 0.00271. The molecule has 0 heterocycles. The summed E-state index contributed by atoms with van der Waals surface area (Å²) < 4.78 is 22.3. The van der Waals surface area contributed by atoms with E-state index in [-0.39, 0.29) is 18.0 Å². The van der Waals surface area contributed by atoms with Crippen molar-refractivity contribution in [3.8, 4) is 0 Å². The lowest BCUT2D eigenvalue weighted by atomic mass is 10.2. The summed E-state index contributed by atoms with van der Waals surface area (Å²) in [6.45, 7) is 2.82. The molecule has 0 spiro atoms. The summed E-state index contributed by atoms with van der Waals surface area (Å²) in [5.74, 6) is 0.00271. The molecular weight excluding hydrogens is 282 g/mol. The first kappa shape index (κ1) is 16.2. The number of nitrogens with one attached hydrogen (secondary N) is 1. The highest BCUT2D eigenvalue weighted by Gasteiger charge is 2.13. The fraction of sp³-hybridized carbons (Fsp3) is 0.500. The van der Waals surface area contributed by atoms with Crippen molar-refractivity contribution in [1.82, 2.24) is 0 Å². The molecule has 7 nitrogen and oxygen atoms in total. The standard InChI is InChI=1S/C12H19N3O4S/c1-4-13-10-7-11(9-12(8-10)15(16)17)14(2)5-6-20(3,18)19/h7-9,13H,4-6H2,1-3H3. The second kappa shape index (κ2) is 6.56. The van der Waals surface area contributed by atoms with E-state index in [2.05, 4.69) is 5.32 Å². The summed E-state index contributed by atoms with van der Waals surface area (Å²) in [5, 5.41) is 13.9. The maximum Gasteiger partial charge on any atom is 0.273 e. The Labute approximate surface area is 118 Å². The van der Waals surface area contributed by atoms with Crippen molar-refractivity contribution in [3.05, 3.63) is 28.3 Å². The molecule has 8 heteroatoms. The molecule has 1 N–H and O–H groups in total. The predicted octanol–water partition coefficient (Wildman–Crippen LogP) is 1.51. The minimum atomic E-state index is -3.07. The van der Waals surface area contributed by atoms with E-state index in [1.807, 2.05) is 6.92 Å². The number of anilines is 2. The molecule has 0 aromatic heterocycles. The van der Waals surface area contributed by atoms with Crippen molar-refractivity contribution in [3.63, 3.8) is 0 Å². The monoisotopic (exact) mass is 301 g/mol. The van der Waals surface area contributed by atoms with Crippen molar-refractivity contribution < 1.29 is 13.3 Å². The maximum atomic E-state index is 11.2. The fourth-order valence-electron chi connectivity index (χ4n) is 1.66. The van der Waals surface area contributed by atoms with Gasteiger partial charge in [-0.15, -0.1) is 0 Å². The summed E-state index contributed by atoms with van der Waals surface area (Å²) in [4.78, 5) is 12.1. The smallest absolute Gasteiger partial charge is 0.273 e. The number of benzene rings is 1. The van der Waals surface area contributed by atoms with Gasteiger partial charge >= 0.3 is 0 Å². The Morgan fingerprint density at radius 2 is 2.00 bits per heavy atom. The number of non-ortho nitro benzene ring substituents is 1. The van der Waals surface area contributed by atoms with Gasteiger partial charge < -0.3 is 10.2 Å². The molecule has 0 aliphatic heterocycles. The van der Waals surface area contributed by atoms with Gasteiger partial charge in [0, 0.05) is 49.9 Å². The zero-order chi connectivity index (χ0) is 15.3. The third-order valence-electron chi connectivity index (χ3n) is 2.73. The van der Waals surface area contributed by atoms with Gasteiger partial charge in [0.05, 0.1) is 10.7 Å². The molecule has 0 bridgehead atoms. The van der Waals surface area contributed by atoms with Gasteiger partial charge in [-0.3, -0.25) is 10.1 Å². The lowest BCUT2D eigenvalue weighted by Gasteiger charge is -2.19. The van der Waals surface area contributed by atoms with Crippen LogP contribution in [0, 0.1) is 10.1 Å². The second-order valence-corrected chi connectivity index (χ2v) is 6.84. The molecule has 0 fully saturated rings. The SMILES string of the molecule is CCNc1cc(N(C)CCS(C)(=O)=O)cc([N+](=O)[O-])c1. The van der Waals surface area contributed by atoms with Crippen molar-refractivity contribution in [1.29, 1.82) is 0 Å². The zero-order valence-electron chi connectivity index (χ0n) is 11.8. The Bertz CT molecular complexity index is 586. The van der Waals surface area contributed by atoms with Gasteiger partial charge in [0.25, 0.3) is 5.69 Å². The van der Waals surface area contributed by atoms with Crippen LogP contribution in [-0.4, -0.2) is 45.5 Å². The van der Waals surface area contributed by atoms with Crippen LogP contribution in [-0.2, 0) is 9.84 Å². The summed E-state index contributed by atoms with van der Waals surface area (Å²) in [6, 6.07) is 4.65. The minimum Gasteiger partial charge on any atom is -0.385 e. The lowest BCUT2D eigenvalue weighted by molar-refractivity contribution is -0.384. The van der Waals surface area contributed by atoms with Crippen molar-refractivity contribution in [2.45, 2.75) is 6.92 Å². The third-order valence-corrected chi connectivity index (χ3v) is 3.66. The van der Waals surface area contributed by atoms with E-state index >= 15 is 0 Å². The fourth-order valence-corrected chi connectivity index (χ4v) is 2.26. The molecule has 0 atom stereocenters. The van der Waals surface area contributed by atoms with Gasteiger partial charge in [-0.25, -0.2) is 8.42 Å². The van der Waals surface area contributed by atoms with Crippen LogP contribution in [0.4, 0.5) is 17.1 Å². The zero-order valence-corrected chi connectivity index (χ0v) is 12.6. The number of nitro groups is 1. The third kappa shape index (κ3) is 5.04. The van der Waals surface area contributed by atoms with E-state index in [0.29, 0.717) is 17.9 Å². The highest BCUT2D eigenvalue weighted by atomic mass is 32.2. The normalized spacial score (nSPS) is 11.2. The maximum absolute atomic E-state index is 11.2. The first-order valence-electron chi connectivity index (χ1n) is 6.15. The van der Waals surface area contributed by atoms with Gasteiger partial charge in [0.2, 0.25) is 0 Å². The van der Waals surface area contributed by atoms with Crippen LogP contribution >= 0.6 is 0 Å². The molecule has 0 radical (unpaired) electrons. The predicted molar refractivity (Wildman–Crippen MR) is 80.2 cm³/mol. The average molecular weight is 301 g/mol. The Hall–Kier alpha value is -1.83. The first-order valence-corrected chi connectivity index (χ1v) is 8.21. The lowest BCUT2D eigenvalue weighted by Crippen LogP contribution is -2.25. The molecule has 1 aromatic rings. The van der Waals surface area contributed by atoms with E-state index in [9.17, 15) is 18.5 Å². The molecule has 20 heavy (non-hydrogen) atoms.